The molecule has 1 aliphatic carbocycles. The van der Waals surface area contributed by atoms with Crippen LogP contribution in [0.1, 0.15) is 29.7 Å². The molecule has 5 rings (SSSR count). The van der Waals surface area contributed by atoms with Crippen molar-refractivity contribution in [3.63, 3.8) is 0 Å². The molecule has 0 fully saturated rings. The number of imidazole rings is 1. The van der Waals surface area contributed by atoms with Crippen molar-refractivity contribution in [3.05, 3.63) is 78.0 Å². The van der Waals surface area contributed by atoms with Crippen LogP contribution in [0.15, 0.2) is 61.2 Å². The van der Waals surface area contributed by atoms with Crippen molar-refractivity contribution in [1.82, 2.24) is 19.2 Å². The van der Waals surface area contributed by atoms with E-state index in [0.29, 0.717) is 12.2 Å². The molecule has 29 heavy (non-hydrogen) atoms. The Morgan fingerprint density at radius 2 is 1.97 bits per heavy atom. The molecule has 2 N–H and O–H groups in total. The van der Waals surface area contributed by atoms with E-state index in [0.717, 1.165) is 29.9 Å². The normalized spacial score (nSPS) is 13.2. The van der Waals surface area contributed by atoms with E-state index >= 15 is 0 Å². The van der Waals surface area contributed by atoms with Crippen LogP contribution in [0.5, 0.6) is 0 Å². The van der Waals surface area contributed by atoms with Gasteiger partial charge in [-0.05, 0) is 55.0 Å². The van der Waals surface area contributed by atoms with Crippen LogP contribution in [-0.2, 0) is 19.4 Å². The van der Waals surface area contributed by atoms with Crippen LogP contribution in [0.3, 0.4) is 0 Å². The Bertz CT molecular complexity index is 1140. The number of urea groups is 1. The second-order valence-corrected chi connectivity index (χ2v) is 7.35. The maximum absolute atomic E-state index is 12.5. The summed E-state index contributed by atoms with van der Waals surface area (Å²) in [7, 11) is 0. The number of pyridine rings is 1. The van der Waals surface area contributed by atoms with Crippen LogP contribution in [0.25, 0.3) is 5.65 Å². The van der Waals surface area contributed by atoms with Crippen LogP contribution in [0.4, 0.5) is 16.2 Å². The highest BCUT2D eigenvalue weighted by Crippen LogP contribution is 2.27. The number of rotatable bonds is 4. The first-order valence-corrected chi connectivity index (χ1v) is 9.88. The van der Waals surface area contributed by atoms with E-state index < -0.39 is 0 Å². The average molecular weight is 386 g/mol. The first kappa shape index (κ1) is 17.5. The van der Waals surface area contributed by atoms with Crippen LogP contribution in [0, 0.1) is 0 Å². The van der Waals surface area contributed by atoms with Gasteiger partial charge >= 0.3 is 6.03 Å². The highest BCUT2D eigenvalue weighted by atomic mass is 16.2. The second-order valence-electron chi connectivity index (χ2n) is 7.35. The van der Waals surface area contributed by atoms with E-state index in [1.165, 1.54) is 24.0 Å². The molecule has 0 unspecified atom stereocenters. The zero-order valence-electron chi connectivity index (χ0n) is 16.0. The minimum atomic E-state index is -0.253. The van der Waals surface area contributed by atoms with Crippen LogP contribution < -0.4 is 10.6 Å². The molecule has 2 amide bonds. The molecule has 3 heterocycles. The fraction of sp³-hybridized carbons (Fsp3) is 0.227. The molecule has 4 aromatic rings. The van der Waals surface area contributed by atoms with Gasteiger partial charge in [0.15, 0.2) is 0 Å². The number of amides is 2. The molecule has 0 saturated carbocycles. The SMILES string of the molecule is O=C(Nc1cnn(Cc2cn3ccccc3n2)c1)Nc1cccc2c1CCCC2. The quantitative estimate of drug-likeness (QED) is 0.554. The van der Waals surface area contributed by atoms with Gasteiger partial charge in [0.2, 0.25) is 0 Å². The third kappa shape index (κ3) is 3.71. The predicted octanol–water partition coefficient (Wildman–Crippen LogP) is 4.10. The van der Waals surface area contributed by atoms with Gasteiger partial charge < -0.3 is 15.0 Å². The fourth-order valence-electron chi connectivity index (χ4n) is 3.93. The number of carbonyl (C=O) groups excluding carboxylic acids is 1. The first-order chi connectivity index (χ1) is 14.2. The molecule has 7 heteroatoms. The van der Waals surface area contributed by atoms with E-state index in [1.807, 2.05) is 53.3 Å². The van der Waals surface area contributed by atoms with E-state index in [2.05, 4.69) is 26.8 Å². The molecule has 0 atom stereocenters. The monoisotopic (exact) mass is 386 g/mol. The van der Waals surface area contributed by atoms with Crippen molar-refractivity contribution >= 4 is 23.1 Å². The van der Waals surface area contributed by atoms with E-state index in [-0.39, 0.29) is 6.03 Å². The average Bonchev–Trinajstić information content (AvgIpc) is 3.34. The van der Waals surface area contributed by atoms with Gasteiger partial charge in [0.1, 0.15) is 5.65 Å². The lowest BCUT2D eigenvalue weighted by atomic mass is 9.90. The Labute approximate surface area is 168 Å². The Morgan fingerprint density at radius 1 is 1.03 bits per heavy atom. The molecule has 1 aliphatic rings. The zero-order valence-corrected chi connectivity index (χ0v) is 16.0. The van der Waals surface area contributed by atoms with Crippen molar-refractivity contribution in [1.29, 1.82) is 0 Å². The summed E-state index contributed by atoms with van der Waals surface area (Å²) in [4.78, 5) is 17.1. The Kier molecular flexibility index (Phi) is 4.48. The van der Waals surface area contributed by atoms with Gasteiger partial charge in [-0.25, -0.2) is 9.78 Å². The van der Waals surface area contributed by atoms with Gasteiger partial charge in [-0.15, -0.1) is 0 Å². The molecule has 1 aromatic carbocycles. The number of anilines is 2. The highest BCUT2D eigenvalue weighted by Gasteiger charge is 2.15. The number of hydrogen-bond acceptors (Lipinski definition) is 3. The van der Waals surface area contributed by atoms with Gasteiger partial charge in [-0.2, -0.15) is 5.10 Å². The van der Waals surface area contributed by atoms with E-state index in [4.69, 9.17) is 0 Å². The van der Waals surface area contributed by atoms with E-state index in [9.17, 15) is 4.79 Å². The minimum absolute atomic E-state index is 0.253. The molecular weight excluding hydrogens is 364 g/mol. The molecule has 0 radical (unpaired) electrons. The number of carbonyl (C=O) groups is 1. The van der Waals surface area contributed by atoms with Crippen LogP contribution in [0.2, 0.25) is 0 Å². The first-order valence-electron chi connectivity index (χ1n) is 9.88. The number of aryl methyl sites for hydroxylation is 1. The maximum atomic E-state index is 12.5. The summed E-state index contributed by atoms with van der Waals surface area (Å²) in [5.74, 6) is 0. The van der Waals surface area contributed by atoms with Gasteiger partial charge in [-0.1, -0.05) is 18.2 Å². The molecule has 3 aromatic heterocycles. The summed E-state index contributed by atoms with van der Waals surface area (Å²) in [6.45, 7) is 0.539. The summed E-state index contributed by atoms with van der Waals surface area (Å²) in [5, 5.41) is 10.2. The van der Waals surface area contributed by atoms with Crippen molar-refractivity contribution in [2.75, 3.05) is 10.6 Å². The number of fused-ring (bicyclic) bond motifs is 2. The molecule has 7 nitrogen and oxygen atoms in total. The fourth-order valence-corrected chi connectivity index (χ4v) is 3.93. The summed E-state index contributed by atoms with van der Waals surface area (Å²) < 4.78 is 3.74. The second kappa shape index (κ2) is 7.43. The molecule has 0 aliphatic heterocycles. The lowest BCUT2D eigenvalue weighted by molar-refractivity contribution is 0.262. The van der Waals surface area contributed by atoms with Crippen LogP contribution >= 0.6 is 0 Å². The summed E-state index contributed by atoms with van der Waals surface area (Å²) in [5.41, 5.74) is 5.96. The third-order valence-electron chi connectivity index (χ3n) is 5.27. The van der Waals surface area contributed by atoms with Gasteiger partial charge in [0.25, 0.3) is 0 Å². The van der Waals surface area contributed by atoms with Crippen molar-refractivity contribution < 1.29 is 4.79 Å². The summed E-state index contributed by atoms with van der Waals surface area (Å²) in [6, 6.07) is 11.8. The minimum Gasteiger partial charge on any atom is -0.307 e. The van der Waals surface area contributed by atoms with Crippen LogP contribution in [-0.4, -0.2) is 25.2 Å². The molecule has 0 saturated heterocycles. The van der Waals surface area contributed by atoms with Gasteiger partial charge in [0.05, 0.1) is 24.1 Å². The Hall–Kier alpha value is -3.61. The van der Waals surface area contributed by atoms with E-state index in [1.54, 1.807) is 10.9 Å². The van der Waals surface area contributed by atoms with Gasteiger partial charge in [0, 0.05) is 24.3 Å². The van der Waals surface area contributed by atoms with Crippen molar-refractivity contribution in [2.24, 2.45) is 0 Å². The lowest BCUT2D eigenvalue weighted by Gasteiger charge is -2.19. The Balaban J connectivity index is 1.25. The molecule has 146 valence electrons. The number of nitrogens with zero attached hydrogens (tertiary/aromatic N) is 4. The zero-order chi connectivity index (χ0) is 19.6. The number of benzene rings is 1. The van der Waals surface area contributed by atoms with Gasteiger partial charge in [-0.3, -0.25) is 4.68 Å². The molecular formula is C22H22N6O. The van der Waals surface area contributed by atoms with Crippen molar-refractivity contribution in [2.45, 2.75) is 32.2 Å². The number of hydrogen-bond donors (Lipinski definition) is 2. The number of aromatic nitrogens is 4. The van der Waals surface area contributed by atoms with Crippen molar-refractivity contribution in [3.8, 4) is 0 Å². The topological polar surface area (TPSA) is 76.2 Å². The lowest BCUT2D eigenvalue weighted by Crippen LogP contribution is -2.21. The standard InChI is InChI=1S/C22H22N6O/c29-22(26-20-9-5-7-16-6-1-2-8-19(16)20)25-17-12-23-28(14-17)15-18-13-27-11-4-3-10-21(27)24-18/h3-5,7,9-14H,1-2,6,8,15H2,(H2,25,26,29). The third-order valence-corrected chi connectivity index (χ3v) is 5.27. The molecule has 0 spiro atoms. The summed E-state index contributed by atoms with van der Waals surface area (Å²) in [6.07, 6.45) is 11.9. The Morgan fingerprint density at radius 3 is 2.90 bits per heavy atom. The predicted molar refractivity (Wildman–Crippen MR) is 112 cm³/mol. The smallest absolute Gasteiger partial charge is 0.307 e. The summed E-state index contributed by atoms with van der Waals surface area (Å²) >= 11 is 0. The maximum Gasteiger partial charge on any atom is 0.323 e. The highest BCUT2D eigenvalue weighted by molar-refractivity contribution is 6.00. The number of nitrogens with one attached hydrogen (secondary N) is 2. The molecule has 0 bridgehead atoms. The largest absolute Gasteiger partial charge is 0.323 e.